The molecule has 0 spiro atoms. The van der Waals surface area contributed by atoms with Crippen molar-refractivity contribution in [3.8, 4) is 11.4 Å². The third-order valence-corrected chi connectivity index (χ3v) is 5.60. The van der Waals surface area contributed by atoms with Crippen molar-refractivity contribution >= 4 is 5.91 Å². The summed E-state index contributed by atoms with van der Waals surface area (Å²) in [6.07, 6.45) is 2.02. The molecule has 4 rings (SSSR count). The van der Waals surface area contributed by atoms with Crippen molar-refractivity contribution in [2.24, 2.45) is 0 Å². The van der Waals surface area contributed by atoms with Gasteiger partial charge >= 0.3 is 0 Å². The van der Waals surface area contributed by atoms with Crippen molar-refractivity contribution in [3.05, 3.63) is 71.9 Å². The molecule has 6 nitrogen and oxygen atoms in total. The van der Waals surface area contributed by atoms with Crippen LogP contribution >= 0.6 is 0 Å². The summed E-state index contributed by atoms with van der Waals surface area (Å²) in [4.78, 5) is 21.0. The van der Waals surface area contributed by atoms with E-state index in [0.29, 0.717) is 43.3 Å². The molecule has 30 heavy (non-hydrogen) atoms. The van der Waals surface area contributed by atoms with Gasteiger partial charge in [-0.05, 0) is 26.0 Å². The van der Waals surface area contributed by atoms with Crippen molar-refractivity contribution < 1.29 is 13.7 Å². The fraction of sp³-hybridized carbons (Fsp3) is 0.348. The molecule has 1 aromatic heterocycles. The SMILES string of the molecule is CN(Cc1nc(-c2ccccc2)no1)C1CCC(=O)N(Cc2ccccc2F)CC1. The summed E-state index contributed by atoms with van der Waals surface area (Å²) < 4.78 is 19.4. The molecule has 1 aliphatic rings. The number of rotatable bonds is 6. The second kappa shape index (κ2) is 9.17. The number of hydrogen-bond acceptors (Lipinski definition) is 5. The Hall–Kier alpha value is -3.06. The fourth-order valence-electron chi connectivity index (χ4n) is 3.83. The highest BCUT2D eigenvalue weighted by Gasteiger charge is 2.26. The Morgan fingerprint density at radius 3 is 2.70 bits per heavy atom. The molecule has 0 aliphatic carbocycles. The predicted molar refractivity (Wildman–Crippen MR) is 111 cm³/mol. The number of nitrogens with zero attached hydrogens (tertiary/aromatic N) is 4. The van der Waals surface area contributed by atoms with E-state index in [9.17, 15) is 9.18 Å². The number of hydrogen-bond donors (Lipinski definition) is 0. The van der Waals surface area contributed by atoms with Crippen molar-refractivity contribution in [3.63, 3.8) is 0 Å². The lowest BCUT2D eigenvalue weighted by Gasteiger charge is -2.26. The topological polar surface area (TPSA) is 62.5 Å². The maximum absolute atomic E-state index is 14.0. The molecule has 1 amide bonds. The summed E-state index contributed by atoms with van der Waals surface area (Å²) in [5, 5.41) is 4.07. The van der Waals surface area contributed by atoms with E-state index in [0.717, 1.165) is 18.4 Å². The number of aromatic nitrogens is 2. The number of halogens is 1. The summed E-state index contributed by atoms with van der Waals surface area (Å²) in [6.45, 7) is 1.43. The molecule has 7 heteroatoms. The summed E-state index contributed by atoms with van der Waals surface area (Å²) >= 11 is 0. The molecule has 2 aromatic carbocycles. The van der Waals surface area contributed by atoms with Crippen LogP contribution in [0.2, 0.25) is 0 Å². The number of likely N-dealkylation sites (tertiary alicyclic amines) is 1. The zero-order chi connectivity index (χ0) is 20.9. The van der Waals surface area contributed by atoms with E-state index >= 15 is 0 Å². The average molecular weight is 408 g/mol. The molecular weight excluding hydrogens is 383 g/mol. The maximum Gasteiger partial charge on any atom is 0.241 e. The minimum Gasteiger partial charge on any atom is -0.338 e. The monoisotopic (exact) mass is 408 g/mol. The van der Waals surface area contributed by atoms with Crippen molar-refractivity contribution in [2.75, 3.05) is 13.6 Å². The lowest BCUT2D eigenvalue weighted by atomic mass is 10.1. The lowest BCUT2D eigenvalue weighted by Crippen LogP contribution is -2.33. The van der Waals surface area contributed by atoms with Crippen molar-refractivity contribution in [2.45, 2.75) is 38.4 Å². The Balaban J connectivity index is 1.36. The van der Waals surface area contributed by atoms with Crippen molar-refractivity contribution in [1.82, 2.24) is 19.9 Å². The zero-order valence-corrected chi connectivity index (χ0v) is 17.0. The van der Waals surface area contributed by atoms with Gasteiger partial charge in [-0.15, -0.1) is 0 Å². The zero-order valence-electron chi connectivity index (χ0n) is 17.0. The second-order valence-corrected chi connectivity index (χ2v) is 7.68. The number of carbonyl (C=O) groups excluding carboxylic acids is 1. The van der Waals surface area contributed by atoms with Gasteiger partial charge < -0.3 is 9.42 Å². The van der Waals surface area contributed by atoms with Gasteiger partial charge in [0.2, 0.25) is 17.6 Å². The van der Waals surface area contributed by atoms with Crippen LogP contribution in [0.15, 0.2) is 59.1 Å². The lowest BCUT2D eigenvalue weighted by molar-refractivity contribution is -0.131. The first kappa shape index (κ1) is 20.2. The molecule has 1 atom stereocenters. The van der Waals surface area contributed by atoms with Gasteiger partial charge in [-0.1, -0.05) is 53.7 Å². The molecule has 0 saturated carbocycles. The smallest absolute Gasteiger partial charge is 0.241 e. The molecular formula is C23H25FN4O2. The number of carbonyl (C=O) groups is 1. The van der Waals surface area contributed by atoms with E-state index in [2.05, 4.69) is 15.0 Å². The molecule has 0 bridgehead atoms. The standard InChI is InChI=1S/C23H25FN4O2/c1-27(16-21-25-23(26-30-21)17-7-3-2-4-8-17)19-11-12-22(29)28(14-13-19)15-18-9-5-6-10-20(18)24/h2-10,19H,11-16H2,1H3. The first-order valence-electron chi connectivity index (χ1n) is 10.2. The fourth-order valence-corrected chi connectivity index (χ4v) is 3.83. The Morgan fingerprint density at radius 1 is 1.13 bits per heavy atom. The van der Waals surface area contributed by atoms with Crippen LogP contribution in [0.4, 0.5) is 4.39 Å². The molecule has 1 unspecified atom stereocenters. The van der Waals surface area contributed by atoms with Gasteiger partial charge in [0.25, 0.3) is 0 Å². The van der Waals surface area contributed by atoms with E-state index in [4.69, 9.17) is 4.52 Å². The van der Waals surface area contributed by atoms with Crippen LogP contribution in [0.3, 0.4) is 0 Å². The Morgan fingerprint density at radius 2 is 1.90 bits per heavy atom. The largest absolute Gasteiger partial charge is 0.338 e. The molecule has 1 fully saturated rings. The third kappa shape index (κ3) is 4.74. The Bertz CT molecular complexity index is 992. The van der Waals surface area contributed by atoms with E-state index in [1.165, 1.54) is 6.07 Å². The third-order valence-electron chi connectivity index (χ3n) is 5.60. The first-order valence-corrected chi connectivity index (χ1v) is 10.2. The normalized spacial score (nSPS) is 17.4. The van der Waals surface area contributed by atoms with Gasteiger partial charge in [-0.2, -0.15) is 4.98 Å². The van der Waals surface area contributed by atoms with E-state index in [1.54, 1.807) is 23.1 Å². The maximum atomic E-state index is 14.0. The van der Waals surface area contributed by atoms with Gasteiger partial charge in [-0.3, -0.25) is 9.69 Å². The summed E-state index contributed by atoms with van der Waals surface area (Å²) in [7, 11) is 2.01. The Kier molecular flexibility index (Phi) is 6.18. The molecule has 3 aromatic rings. The van der Waals surface area contributed by atoms with Gasteiger partial charge in [0.05, 0.1) is 6.54 Å². The van der Waals surface area contributed by atoms with Gasteiger partial charge in [-0.25, -0.2) is 4.39 Å². The van der Waals surface area contributed by atoms with Gasteiger partial charge in [0.1, 0.15) is 5.82 Å². The van der Waals surface area contributed by atoms with E-state index < -0.39 is 0 Å². The van der Waals surface area contributed by atoms with Crippen LogP contribution in [0.25, 0.3) is 11.4 Å². The summed E-state index contributed by atoms with van der Waals surface area (Å²) in [6, 6.07) is 16.5. The molecule has 156 valence electrons. The van der Waals surface area contributed by atoms with Crippen LogP contribution in [0, 0.1) is 5.82 Å². The van der Waals surface area contributed by atoms with Crippen molar-refractivity contribution in [1.29, 1.82) is 0 Å². The highest BCUT2D eigenvalue weighted by atomic mass is 19.1. The molecule has 1 saturated heterocycles. The highest BCUT2D eigenvalue weighted by molar-refractivity contribution is 5.76. The first-order chi connectivity index (χ1) is 14.6. The average Bonchev–Trinajstić information content (AvgIpc) is 3.14. The molecule has 0 radical (unpaired) electrons. The second-order valence-electron chi connectivity index (χ2n) is 7.68. The van der Waals surface area contributed by atoms with Gasteiger partial charge in [0.15, 0.2) is 0 Å². The summed E-state index contributed by atoms with van der Waals surface area (Å²) in [5.74, 6) is 0.924. The minimum absolute atomic E-state index is 0.0679. The van der Waals surface area contributed by atoms with E-state index in [1.807, 2.05) is 37.4 Å². The number of amides is 1. The molecule has 2 heterocycles. The van der Waals surface area contributed by atoms with Gasteiger partial charge in [0, 0.05) is 36.7 Å². The minimum atomic E-state index is -0.270. The number of benzene rings is 2. The quantitative estimate of drug-likeness (QED) is 0.619. The highest BCUT2D eigenvalue weighted by Crippen LogP contribution is 2.21. The molecule has 1 aliphatic heterocycles. The Labute approximate surface area is 175 Å². The van der Waals surface area contributed by atoms with Crippen LogP contribution in [-0.2, 0) is 17.9 Å². The van der Waals surface area contributed by atoms with E-state index in [-0.39, 0.29) is 17.8 Å². The predicted octanol–water partition coefficient (Wildman–Crippen LogP) is 3.89. The van der Waals surface area contributed by atoms with Crippen LogP contribution in [0.1, 0.15) is 30.7 Å². The molecule has 0 N–H and O–H groups in total. The van der Waals surface area contributed by atoms with Crippen LogP contribution < -0.4 is 0 Å². The van der Waals surface area contributed by atoms with Crippen LogP contribution in [0.5, 0.6) is 0 Å². The summed E-state index contributed by atoms with van der Waals surface area (Å²) in [5.41, 5.74) is 1.47. The van der Waals surface area contributed by atoms with Crippen LogP contribution in [-0.4, -0.2) is 45.5 Å².